The molecule has 2 aromatic rings. The smallest absolute Gasteiger partial charge is 0.422 e. The van der Waals surface area contributed by atoms with Gasteiger partial charge < -0.3 is 10.1 Å². The summed E-state index contributed by atoms with van der Waals surface area (Å²) in [6.07, 6.45) is -2.24. The third-order valence-corrected chi connectivity index (χ3v) is 7.03. The van der Waals surface area contributed by atoms with Crippen molar-refractivity contribution in [3.63, 3.8) is 0 Å². The number of halogens is 3. The molecular formula is C22H26F3N3O4S. The van der Waals surface area contributed by atoms with Crippen LogP contribution in [0.2, 0.25) is 0 Å². The number of rotatable bonds is 7. The second-order valence-corrected chi connectivity index (χ2v) is 10.3. The summed E-state index contributed by atoms with van der Waals surface area (Å²) in [6, 6.07) is 8.63. The molecule has 1 saturated heterocycles. The van der Waals surface area contributed by atoms with Gasteiger partial charge in [0.15, 0.2) is 6.61 Å². The summed E-state index contributed by atoms with van der Waals surface area (Å²) < 4.78 is 69.2. The molecular weight excluding hydrogens is 459 g/mol. The SMILES string of the molecule is CC1CC(C)CN(S(=O)(=O)c2cccc(C(=O)NCc3ccnc(OCC(F)(F)F)c3)c2)C1. The molecule has 1 fully saturated rings. The van der Waals surface area contributed by atoms with Gasteiger partial charge in [-0.1, -0.05) is 19.9 Å². The number of amides is 1. The second kappa shape index (κ2) is 10.1. The zero-order valence-corrected chi connectivity index (χ0v) is 19.1. The van der Waals surface area contributed by atoms with Gasteiger partial charge in [0.1, 0.15) is 0 Å². The van der Waals surface area contributed by atoms with Crippen LogP contribution in [0.4, 0.5) is 13.2 Å². The maximum atomic E-state index is 13.1. The molecule has 1 N–H and O–H groups in total. The second-order valence-electron chi connectivity index (χ2n) is 8.38. The van der Waals surface area contributed by atoms with Gasteiger partial charge in [0.2, 0.25) is 15.9 Å². The minimum Gasteiger partial charge on any atom is -0.468 e. The van der Waals surface area contributed by atoms with E-state index in [9.17, 15) is 26.4 Å². The van der Waals surface area contributed by atoms with Gasteiger partial charge in [-0.15, -0.1) is 0 Å². The van der Waals surface area contributed by atoms with Gasteiger partial charge >= 0.3 is 6.18 Å². The quantitative estimate of drug-likeness (QED) is 0.647. The lowest BCUT2D eigenvalue weighted by molar-refractivity contribution is -0.154. The van der Waals surface area contributed by atoms with Crippen molar-refractivity contribution in [2.24, 2.45) is 11.8 Å². The number of benzene rings is 1. The highest BCUT2D eigenvalue weighted by Crippen LogP contribution is 2.27. The van der Waals surface area contributed by atoms with Crippen molar-refractivity contribution >= 4 is 15.9 Å². The third kappa shape index (κ3) is 6.91. The number of hydrogen-bond donors (Lipinski definition) is 1. The Labute approximate surface area is 191 Å². The summed E-state index contributed by atoms with van der Waals surface area (Å²) in [5.74, 6) is -0.222. The fourth-order valence-corrected chi connectivity index (χ4v) is 5.55. The van der Waals surface area contributed by atoms with E-state index in [-0.39, 0.29) is 34.7 Å². The molecule has 11 heteroatoms. The normalized spacial score (nSPS) is 19.8. The maximum absolute atomic E-state index is 13.1. The van der Waals surface area contributed by atoms with E-state index in [1.165, 1.54) is 46.9 Å². The lowest BCUT2D eigenvalue weighted by atomic mass is 9.94. The molecule has 1 aromatic heterocycles. The monoisotopic (exact) mass is 485 g/mol. The first-order chi connectivity index (χ1) is 15.4. The van der Waals surface area contributed by atoms with E-state index in [1.54, 1.807) is 0 Å². The number of sulfonamides is 1. The summed E-state index contributed by atoms with van der Waals surface area (Å²) in [5.41, 5.74) is 0.646. The highest BCUT2D eigenvalue weighted by atomic mass is 32.2. The van der Waals surface area contributed by atoms with Crippen molar-refractivity contribution in [1.82, 2.24) is 14.6 Å². The van der Waals surface area contributed by atoms with Crippen LogP contribution in [0.25, 0.3) is 0 Å². The van der Waals surface area contributed by atoms with Crippen molar-refractivity contribution in [1.29, 1.82) is 0 Å². The standard InChI is InChI=1S/C22H26F3N3O4S/c1-15-8-16(2)13-28(12-15)33(30,31)19-5-3-4-18(10-19)21(29)27-11-17-6-7-26-20(9-17)32-14-22(23,24)25/h3-7,9-10,15-16H,8,11-14H2,1-2H3,(H,27,29). The van der Waals surface area contributed by atoms with E-state index in [0.717, 1.165) is 6.42 Å². The molecule has 3 rings (SSSR count). The molecule has 1 amide bonds. The Kier molecular flexibility index (Phi) is 7.63. The molecule has 0 bridgehead atoms. The number of piperidine rings is 1. The molecule has 2 unspecified atom stereocenters. The van der Waals surface area contributed by atoms with Crippen molar-refractivity contribution in [3.8, 4) is 5.88 Å². The van der Waals surface area contributed by atoms with E-state index < -0.39 is 28.7 Å². The topological polar surface area (TPSA) is 88.6 Å². The van der Waals surface area contributed by atoms with Crippen LogP contribution in [0.3, 0.4) is 0 Å². The number of alkyl halides is 3. The highest BCUT2D eigenvalue weighted by molar-refractivity contribution is 7.89. The predicted octanol–water partition coefficient (Wildman–Crippen LogP) is 3.62. The number of pyridine rings is 1. The summed E-state index contributed by atoms with van der Waals surface area (Å²) in [7, 11) is -3.74. The van der Waals surface area contributed by atoms with E-state index in [4.69, 9.17) is 0 Å². The zero-order valence-electron chi connectivity index (χ0n) is 18.3. The van der Waals surface area contributed by atoms with E-state index >= 15 is 0 Å². The van der Waals surface area contributed by atoms with E-state index in [2.05, 4.69) is 15.0 Å². The lowest BCUT2D eigenvalue weighted by Crippen LogP contribution is -2.42. The van der Waals surface area contributed by atoms with Gasteiger partial charge in [0.25, 0.3) is 5.91 Å². The van der Waals surface area contributed by atoms with Gasteiger partial charge in [-0.05, 0) is 48.1 Å². The Morgan fingerprint density at radius 1 is 1.18 bits per heavy atom. The molecule has 0 spiro atoms. The molecule has 1 aliphatic rings. The average Bonchev–Trinajstić information content (AvgIpc) is 2.75. The fourth-order valence-electron chi connectivity index (χ4n) is 3.83. The van der Waals surface area contributed by atoms with Gasteiger partial charge in [-0.2, -0.15) is 17.5 Å². The lowest BCUT2D eigenvalue weighted by Gasteiger charge is -2.34. The summed E-state index contributed by atoms with van der Waals surface area (Å²) >= 11 is 0. The van der Waals surface area contributed by atoms with Crippen LogP contribution in [0.1, 0.15) is 36.2 Å². The molecule has 2 heterocycles. The first kappa shape index (κ1) is 25.0. The number of ether oxygens (including phenoxy) is 1. The number of nitrogens with one attached hydrogen (secondary N) is 1. The molecule has 2 atom stereocenters. The third-order valence-electron chi connectivity index (χ3n) is 5.21. The molecule has 0 aliphatic carbocycles. The number of carbonyl (C=O) groups is 1. The molecule has 33 heavy (non-hydrogen) atoms. The van der Waals surface area contributed by atoms with Crippen molar-refractivity contribution in [2.75, 3.05) is 19.7 Å². The first-order valence-electron chi connectivity index (χ1n) is 10.5. The fraction of sp³-hybridized carbons (Fsp3) is 0.455. The number of aromatic nitrogens is 1. The van der Waals surface area contributed by atoms with Gasteiger partial charge in [-0.3, -0.25) is 4.79 Å². The first-order valence-corrected chi connectivity index (χ1v) is 11.9. The largest absolute Gasteiger partial charge is 0.468 e. The molecule has 1 aromatic carbocycles. The molecule has 0 radical (unpaired) electrons. The number of nitrogens with zero attached hydrogens (tertiary/aromatic N) is 2. The number of hydrogen-bond acceptors (Lipinski definition) is 5. The summed E-state index contributed by atoms with van der Waals surface area (Å²) in [4.78, 5) is 16.4. The van der Waals surface area contributed by atoms with Crippen LogP contribution in [-0.2, 0) is 16.6 Å². The molecule has 7 nitrogen and oxygen atoms in total. The van der Waals surface area contributed by atoms with Crippen LogP contribution < -0.4 is 10.1 Å². The summed E-state index contributed by atoms with van der Waals surface area (Å²) in [6.45, 7) is 3.43. The van der Waals surface area contributed by atoms with Crippen LogP contribution >= 0.6 is 0 Å². The van der Waals surface area contributed by atoms with Gasteiger partial charge in [-0.25, -0.2) is 13.4 Å². The Hall–Kier alpha value is -2.66. The average molecular weight is 486 g/mol. The maximum Gasteiger partial charge on any atom is 0.422 e. The van der Waals surface area contributed by atoms with E-state index in [0.29, 0.717) is 18.7 Å². The predicted molar refractivity (Wildman–Crippen MR) is 115 cm³/mol. The Morgan fingerprint density at radius 2 is 1.88 bits per heavy atom. The van der Waals surface area contributed by atoms with Gasteiger partial charge in [0.05, 0.1) is 4.90 Å². The molecule has 180 valence electrons. The minimum absolute atomic E-state index is 0.00185. The van der Waals surface area contributed by atoms with Crippen LogP contribution in [0, 0.1) is 11.8 Å². The number of carbonyl (C=O) groups excluding carboxylic acids is 1. The zero-order chi connectivity index (χ0) is 24.2. The van der Waals surface area contributed by atoms with Crippen LogP contribution in [0.5, 0.6) is 5.88 Å². The van der Waals surface area contributed by atoms with Crippen molar-refractivity contribution in [2.45, 2.75) is 37.9 Å². The van der Waals surface area contributed by atoms with Crippen molar-refractivity contribution in [3.05, 3.63) is 53.7 Å². The Bertz CT molecular complexity index is 1080. The molecule has 1 aliphatic heterocycles. The van der Waals surface area contributed by atoms with Crippen LogP contribution in [-0.4, -0.2) is 49.5 Å². The molecule has 0 saturated carbocycles. The van der Waals surface area contributed by atoms with Gasteiger partial charge in [0, 0.05) is 37.5 Å². The van der Waals surface area contributed by atoms with Crippen molar-refractivity contribution < 1.29 is 31.1 Å². The van der Waals surface area contributed by atoms with E-state index in [1.807, 2.05) is 13.8 Å². The minimum atomic E-state index is -4.48. The summed E-state index contributed by atoms with van der Waals surface area (Å²) in [5, 5.41) is 2.63. The van der Waals surface area contributed by atoms with Crippen LogP contribution in [0.15, 0.2) is 47.5 Å². The Morgan fingerprint density at radius 3 is 2.55 bits per heavy atom. The Balaban J connectivity index is 1.67. The highest BCUT2D eigenvalue weighted by Gasteiger charge is 2.32.